The zero-order chi connectivity index (χ0) is 13.9. The Morgan fingerprint density at radius 1 is 1.53 bits per heavy atom. The molecule has 19 heavy (non-hydrogen) atoms. The number of nitrogens with one attached hydrogen (secondary N) is 2. The molecule has 1 heterocycles. The number of hydrogen-bond acceptors (Lipinski definition) is 4. The molecule has 2 N–H and O–H groups in total. The average molecular weight is 307 g/mol. The van der Waals surface area contributed by atoms with E-state index in [-0.39, 0.29) is 24.1 Å². The number of amides is 1. The summed E-state index contributed by atoms with van der Waals surface area (Å²) in [5, 5.41) is 6.75. The van der Waals surface area contributed by atoms with Crippen LogP contribution in [0.2, 0.25) is 0 Å². The van der Waals surface area contributed by atoms with E-state index >= 15 is 0 Å². The summed E-state index contributed by atoms with van der Waals surface area (Å²) in [6.07, 6.45) is 4.87. The Bertz CT molecular complexity index is 553. The molecule has 106 valence electrons. The van der Waals surface area contributed by atoms with E-state index in [2.05, 4.69) is 15.1 Å². The van der Waals surface area contributed by atoms with E-state index in [9.17, 15) is 13.2 Å². The molecule has 0 saturated heterocycles. The maximum atomic E-state index is 11.5. The van der Waals surface area contributed by atoms with Crippen molar-refractivity contribution in [2.45, 2.75) is 25.4 Å². The molecule has 0 bridgehead atoms. The van der Waals surface area contributed by atoms with Gasteiger partial charge in [-0.1, -0.05) is 0 Å². The van der Waals surface area contributed by atoms with E-state index in [0.29, 0.717) is 11.7 Å². The second kappa shape index (κ2) is 5.79. The quantitative estimate of drug-likeness (QED) is 0.701. The third-order valence-corrected chi connectivity index (χ3v) is 4.20. The second-order valence-corrected chi connectivity index (χ2v) is 6.60. The number of rotatable bonds is 7. The Labute approximate surface area is 116 Å². The molecule has 7 nitrogen and oxygen atoms in total. The fraction of sp³-hybridized carbons (Fsp3) is 0.600. The topological polar surface area (TPSA) is 93.1 Å². The highest BCUT2D eigenvalue weighted by Gasteiger charge is 2.23. The Morgan fingerprint density at radius 2 is 2.26 bits per heavy atom. The van der Waals surface area contributed by atoms with Gasteiger partial charge in [-0.3, -0.25) is 14.2 Å². The molecule has 0 aliphatic heterocycles. The molecular formula is C10H15ClN4O3S. The van der Waals surface area contributed by atoms with Crippen molar-refractivity contribution in [1.29, 1.82) is 0 Å². The van der Waals surface area contributed by atoms with E-state index in [1.807, 2.05) is 0 Å². The lowest BCUT2D eigenvalue weighted by molar-refractivity contribution is -0.122. The molecule has 1 aliphatic carbocycles. The summed E-state index contributed by atoms with van der Waals surface area (Å²) >= 11 is 5.39. The van der Waals surface area contributed by atoms with Crippen molar-refractivity contribution >= 4 is 33.2 Å². The van der Waals surface area contributed by atoms with Crippen LogP contribution in [0.3, 0.4) is 0 Å². The number of hydrogen-bond donors (Lipinski definition) is 2. The first-order valence-electron chi connectivity index (χ1n) is 5.87. The van der Waals surface area contributed by atoms with Crippen molar-refractivity contribution in [1.82, 2.24) is 15.1 Å². The number of carbonyl (C=O) groups is 1. The van der Waals surface area contributed by atoms with Gasteiger partial charge in [-0.2, -0.15) is 5.10 Å². The van der Waals surface area contributed by atoms with Crippen molar-refractivity contribution in [3.8, 4) is 0 Å². The van der Waals surface area contributed by atoms with Gasteiger partial charge in [0.25, 0.3) is 0 Å². The molecule has 0 unspecified atom stereocenters. The molecule has 2 rings (SSSR count). The number of halogens is 1. The monoisotopic (exact) mass is 306 g/mol. The summed E-state index contributed by atoms with van der Waals surface area (Å²) in [6.45, 7) is 0.0771. The Kier molecular flexibility index (Phi) is 4.31. The first-order valence-corrected chi connectivity index (χ1v) is 8.05. The van der Waals surface area contributed by atoms with Gasteiger partial charge in [-0.25, -0.2) is 8.42 Å². The van der Waals surface area contributed by atoms with E-state index in [1.54, 1.807) is 0 Å². The van der Waals surface area contributed by atoms with Crippen molar-refractivity contribution < 1.29 is 13.2 Å². The molecule has 1 amide bonds. The van der Waals surface area contributed by atoms with Gasteiger partial charge >= 0.3 is 0 Å². The fourth-order valence-corrected chi connectivity index (χ4v) is 2.86. The normalized spacial score (nSPS) is 15.2. The first-order chi connectivity index (χ1) is 8.98. The van der Waals surface area contributed by atoms with Crippen molar-refractivity contribution in [2.24, 2.45) is 0 Å². The third-order valence-electron chi connectivity index (χ3n) is 2.50. The summed E-state index contributed by atoms with van der Waals surface area (Å²) in [4.78, 5) is 11.5. The zero-order valence-electron chi connectivity index (χ0n) is 10.2. The highest BCUT2D eigenvalue weighted by Crippen LogP contribution is 2.18. The summed E-state index contributed by atoms with van der Waals surface area (Å²) in [6, 6.07) is 0.296. The lowest BCUT2D eigenvalue weighted by atomic mass is 10.5. The predicted molar refractivity (Wildman–Crippen MR) is 71.5 cm³/mol. The molecule has 0 spiro atoms. The SMILES string of the molecule is O=C(Cn1cc(NS(=O)(=O)CCCl)cn1)NC1CC1. The van der Waals surface area contributed by atoms with E-state index in [0.717, 1.165) is 12.8 Å². The number of nitrogens with zero attached hydrogens (tertiary/aromatic N) is 2. The van der Waals surface area contributed by atoms with Crippen LogP contribution in [0.5, 0.6) is 0 Å². The number of sulfonamides is 1. The highest BCUT2D eigenvalue weighted by atomic mass is 35.5. The largest absolute Gasteiger partial charge is 0.352 e. The minimum atomic E-state index is -3.44. The molecule has 1 aromatic rings. The molecule has 1 aromatic heterocycles. The van der Waals surface area contributed by atoms with Gasteiger partial charge in [-0.05, 0) is 12.8 Å². The zero-order valence-corrected chi connectivity index (χ0v) is 11.7. The fourth-order valence-electron chi connectivity index (χ4n) is 1.48. The smallest absolute Gasteiger partial charge is 0.241 e. The minimum absolute atomic E-state index is 0.0211. The van der Waals surface area contributed by atoms with Gasteiger partial charge in [0.2, 0.25) is 15.9 Å². The van der Waals surface area contributed by atoms with Crippen LogP contribution >= 0.6 is 11.6 Å². The third kappa shape index (κ3) is 4.71. The van der Waals surface area contributed by atoms with Crippen LogP contribution in [-0.2, 0) is 21.4 Å². The molecule has 0 aromatic carbocycles. The molecule has 1 fully saturated rings. The number of alkyl halides is 1. The van der Waals surface area contributed by atoms with Gasteiger partial charge < -0.3 is 5.32 Å². The summed E-state index contributed by atoms with van der Waals surface area (Å²) in [5.74, 6) is -0.268. The molecule has 0 atom stereocenters. The summed E-state index contributed by atoms with van der Waals surface area (Å²) in [7, 11) is -3.44. The minimum Gasteiger partial charge on any atom is -0.352 e. The average Bonchev–Trinajstić information content (AvgIpc) is 2.99. The lowest BCUT2D eigenvalue weighted by Gasteiger charge is -2.04. The Morgan fingerprint density at radius 3 is 2.89 bits per heavy atom. The van der Waals surface area contributed by atoms with Gasteiger partial charge in [0, 0.05) is 18.1 Å². The standard InChI is InChI=1S/C10H15ClN4O3S/c11-3-4-19(17,18)14-9-5-12-15(6-9)7-10(16)13-8-1-2-8/h5-6,8,14H,1-4,7H2,(H,13,16). The molecule has 1 aliphatic rings. The predicted octanol–water partition coefficient (Wildman–Crippen LogP) is 0.142. The summed E-state index contributed by atoms with van der Waals surface area (Å²) < 4.78 is 26.7. The second-order valence-electron chi connectivity index (χ2n) is 4.38. The van der Waals surface area contributed by atoms with Crippen LogP contribution in [0, 0.1) is 0 Å². The number of anilines is 1. The van der Waals surface area contributed by atoms with E-state index in [1.165, 1.54) is 17.1 Å². The van der Waals surface area contributed by atoms with Crippen LogP contribution in [-0.4, -0.2) is 41.8 Å². The number of carbonyl (C=O) groups excluding carboxylic acids is 1. The lowest BCUT2D eigenvalue weighted by Crippen LogP contribution is -2.29. The van der Waals surface area contributed by atoms with Gasteiger partial charge in [-0.15, -0.1) is 11.6 Å². The Hall–Kier alpha value is -1.28. The molecular weight excluding hydrogens is 292 g/mol. The van der Waals surface area contributed by atoms with Crippen LogP contribution in [0.4, 0.5) is 5.69 Å². The van der Waals surface area contributed by atoms with Crippen LogP contribution in [0.1, 0.15) is 12.8 Å². The van der Waals surface area contributed by atoms with Crippen LogP contribution in [0.25, 0.3) is 0 Å². The maximum absolute atomic E-state index is 11.5. The van der Waals surface area contributed by atoms with Crippen molar-refractivity contribution in [3.63, 3.8) is 0 Å². The van der Waals surface area contributed by atoms with Gasteiger partial charge in [0.1, 0.15) is 6.54 Å². The van der Waals surface area contributed by atoms with E-state index < -0.39 is 10.0 Å². The van der Waals surface area contributed by atoms with Gasteiger partial charge in [0.05, 0.1) is 17.6 Å². The highest BCUT2D eigenvalue weighted by molar-refractivity contribution is 7.92. The molecule has 9 heteroatoms. The van der Waals surface area contributed by atoms with Crippen LogP contribution < -0.4 is 10.0 Å². The van der Waals surface area contributed by atoms with Crippen molar-refractivity contribution in [2.75, 3.05) is 16.4 Å². The number of aromatic nitrogens is 2. The molecule has 0 radical (unpaired) electrons. The summed E-state index contributed by atoms with van der Waals surface area (Å²) in [5.41, 5.74) is 0.323. The first kappa shape index (κ1) is 14.1. The van der Waals surface area contributed by atoms with Crippen molar-refractivity contribution in [3.05, 3.63) is 12.4 Å². The van der Waals surface area contributed by atoms with E-state index in [4.69, 9.17) is 11.6 Å². The maximum Gasteiger partial charge on any atom is 0.241 e. The van der Waals surface area contributed by atoms with Gasteiger partial charge in [0.15, 0.2) is 0 Å². The Balaban J connectivity index is 1.89. The molecule has 1 saturated carbocycles. The van der Waals surface area contributed by atoms with Crippen LogP contribution in [0.15, 0.2) is 12.4 Å².